The van der Waals surface area contributed by atoms with Gasteiger partial charge in [-0.05, 0) is 43.2 Å². The predicted molar refractivity (Wildman–Crippen MR) is 92.2 cm³/mol. The van der Waals surface area contributed by atoms with Gasteiger partial charge in [-0.1, -0.05) is 45.9 Å². The second-order valence-electron chi connectivity index (χ2n) is 7.89. The van der Waals surface area contributed by atoms with Gasteiger partial charge in [0.2, 0.25) is 5.91 Å². The van der Waals surface area contributed by atoms with Gasteiger partial charge in [0.05, 0.1) is 7.11 Å². The van der Waals surface area contributed by atoms with E-state index in [-0.39, 0.29) is 16.9 Å². The number of carbonyl (C=O) groups excluding carboxylic acids is 1. The highest BCUT2D eigenvalue weighted by Gasteiger charge is 2.26. The smallest absolute Gasteiger partial charge is 0.220 e. The molecule has 1 aromatic carbocycles. The van der Waals surface area contributed by atoms with Crippen molar-refractivity contribution >= 4 is 5.91 Å². The number of methoxy groups -OCH3 is 1. The van der Waals surface area contributed by atoms with Crippen LogP contribution in [0, 0.1) is 11.3 Å². The topological polar surface area (TPSA) is 38.3 Å². The molecule has 0 aliphatic heterocycles. The lowest BCUT2D eigenvalue weighted by Gasteiger charge is -2.31. The van der Waals surface area contributed by atoms with Gasteiger partial charge < -0.3 is 10.1 Å². The molecule has 1 atom stereocenters. The summed E-state index contributed by atoms with van der Waals surface area (Å²) in [5.74, 6) is 1.32. The maximum Gasteiger partial charge on any atom is 0.220 e. The minimum absolute atomic E-state index is 0.113. The highest BCUT2D eigenvalue weighted by molar-refractivity contribution is 5.77. The monoisotopic (exact) mass is 305 g/mol. The van der Waals surface area contributed by atoms with Crippen molar-refractivity contribution < 1.29 is 9.53 Å². The van der Waals surface area contributed by atoms with Crippen molar-refractivity contribution in [3.63, 3.8) is 0 Å². The van der Waals surface area contributed by atoms with Crippen LogP contribution in [0.25, 0.3) is 0 Å². The van der Waals surface area contributed by atoms with Crippen LogP contribution in [0.3, 0.4) is 0 Å². The molecule has 0 saturated heterocycles. The third-order valence-electron chi connectivity index (χ3n) is 4.27. The minimum atomic E-state index is -0.302. The molecule has 0 aliphatic carbocycles. The van der Waals surface area contributed by atoms with E-state index in [0.717, 1.165) is 17.7 Å². The number of benzene rings is 1. The number of ether oxygens (including phenoxy) is 1. The van der Waals surface area contributed by atoms with Gasteiger partial charge in [-0.3, -0.25) is 4.79 Å². The Labute approximate surface area is 135 Å². The summed E-state index contributed by atoms with van der Waals surface area (Å²) in [6.45, 7) is 12.8. The zero-order valence-electron chi connectivity index (χ0n) is 15.1. The summed E-state index contributed by atoms with van der Waals surface area (Å²) < 4.78 is 5.39. The number of amides is 1. The van der Waals surface area contributed by atoms with Gasteiger partial charge in [0.15, 0.2) is 0 Å². The standard InChI is InChI=1S/C19H31NO2/c1-14(18(2,3)4)12-17(21)20-19(5,6)13-15-10-8-9-11-16(15)22-7/h8-11,14H,12-13H2,1-7H3,(H,20,21). The molecule has 3 nitrogen and oxygen atoms in total. The molecular weight excluding hydrogens is 274 g/mol. The minimum Gasteiger partial charge on any atom is -0.496 e. The van der Waals surface area contributed by atoms with Crippen LogP contribution in [0.2, 0.25) is 0 Å². The average Bonchev–Trinajstić information content (AvgIpc) is 2.36. The van der Waals surface area contributed by atoms with Crippen molar-refractivity contribution in [2.45, 2.75) is 59.9 Å². The number of rotatable bonds is 6. The van der Waals surface area contributed by atoms with Crippen LogP contribution in [0.4, 0.5) is 0 Å². The molecule has 0 spiro atoms. The van der Waals surface area contributed by atoms with Gasteiger partial charge >= 0.3 is 0 Å². The van der Waals surface area contributed by atoms with Crippen molar-refractivity contribution in [1.29, 1.82) is 0 Å². The highest BCUT2D eigenvalue weighted by atomic mass is 16.5. The average molecular weight is 305 g/mol. The molecular formula is C19H31NO2. The van der Waals surface area contributed by atoms with Gasteiger partial charge in [-0.2, -0.15) is 0 Å². The summed E-state index contributed by atoms with van der Waals surface area (Å²) in [6, 6.07) is 7.95. The van der Waals surface area contributed by atoms with Gasteiger partial charge in [0.25, 0.3) is 0 Å². The molecule has 1 unspecified atom stereocenters. The van der Waals surface area contributed by atoms with Crippen molar-refractivity contribution in [2.75, 3.05) is 7.11 Å². The fourth-order valence-corrected chi connectivity index (χ4v) is 2.38. The van der Waals surface area contributed by atoms with E-state index >= 15 is 0 Å². The maximum atomic E-state index is 12.3. The SMILES string of the molecule is COc1ccccc1CC(C)(C)NC(=O)CC(C)C(C)(C)C. The zero-order chi connectivity index (χ0) is 17.0. The van der Waals surface area contributed by atoms with Gasteiger partial charge in [0.1, 0.15) is 5.75 Å². The molecule has 0 fully saturated rings. The number of para-hydroxylation sites is 1. The summed E-state index contributed by atoms with van der Waals surface area (Å²) in [4.78, 5) is 12.3. The summed E-state index contributed by atoms with van der Waals surface area (Å²) in [5, 5.41) is 3.16. The summed E-state index contributed by atoms with van der Waals surface area (Å²) in [6.07, 6.45) is 1.30. The molecule has 0 bridgehead atoms. The fraction of sp³-hybridized carbons (Fsp3) is 0.632. The Bertz CT molecular complexity index is 500. The first-order valence-corrected chi connectivity index (χ1v) is 7.98. The Morgan fingerprint density at radius 1 is 1.18 bits per heavy atom. The summed E-state index contributed by atoms with van der Waals surface area (Å²) >= 11 is 0. The quantitative estimate of drug-likeness (QED) is 0.855. The third kappa shape index (κ3) is 5.70. The normalized spacial score (nSPS) is 13.6. The third-order valence-corrected chi connectivity index (χ3v) is 4.27. The number of nitrogens with one attached hydrogen (secondary N) is 1. The Hall–Kier alpha value is -1.51. The van der Waals surface area contributed by atoms with Crippen molar-refractivity contribution in [3.8, 4) is 5.75 Å². The molecule has 0 heterocycles. The second kappa shape index (κ2) is 7.17. The molecule has 0 aliphatic rings. The first-order chi connectivity index (χ1) is 10.0. The molecule has 1 aromatic rings. The molecule has 0 aromatic heterocycles. The van der Waals surface area contributed by atoms with Crippen LogP contribution in [-0.2, 0) is 11.2 Å². The summed E-state index contributed by atoms with van der Waals surface area (Å²) in [5.41, 5.74) is 0.951. The van der Waals surface area contributed by atoms with Crippen LogP contribution in [0.1, 0.15) is 53.5 Å². The van der Waals surface area contributed by atoms with E-state index < -0.39 is 0 Å². The van der Waals surface area contributed by atoms with Gasteiger partial charge in [-0.15, -0.1) is 0 Å². The van der Waals surface area contributed by atoms with Crippen molar-refractivity contribution in [2.24, 2.45) is 11.3 Å². The maximum absolute atomic E-state index is 12.3. The van der Waals surface area contributed by atoms with Crippen molar-refractivity contribution in [3.05, 3.63) is 29.8 Å². The lowest BCUT2D eigenvalue weighted by Crippen LogP contribution is -2.46. The molecule has 1 amide bonds. The van der Waals surface area contributed by atoms with E-state index in [1.807, 2.05) is 24.3 Å². The largest absolute Gasteiger partial charge is 0.496 e. The predicted octanol–water partition coefficient (Wildman–Crippen LogP) is 4.20. The summed E-state index contributed by atoms with van der Waals surface area (Å²) in [7, 11) is 1.68. The number of carbonyl (C=O) groups is 1. The van der Waals surface area contributed by atoms with Crippen LogP contribution in [0.15, 0.2) is 24.3 Å². The molecule has 22 heavy (non-hydrogen) atoms. The Kier molecular flexibility index (Phi) is 6.04. The molecule has 0 saturated carbocycles. The Morgan fingerprint density at radius 3 is 2.32 bits per heavy atom. The highest BCUT2D eigenvalue weighted by Crippen LogP contribution is 2.28. The molecule has 0 radical (unpaired) electrons. The van der Waals surface area contributed by atoms with E-state index in [4.69, 9.17) is 4.74 Å². The number of hydrogen-bond acceptors (Lipinski definition) is 2. The first-order valence-electron chi connectivity index (χ1n) is 7.98. The van der Waals surface area contributed by atoms with E-state index in [9.17, 15) is 4.79 Å². The van der Waals surface area contributed by atoms with Crippen LogP contribution < -0.4 is 10.1 Å². The van der Waals surface area contributed by atoms with Gasteiger partial charge in [0, 0.05) is 12.0 Å². The lowest BCUT2D eigenvalue weighted by molar-refractivity contribution is -0.124. The Balaban J connectivity index is 2.69. The second-order valence-corrected chi connectivity index (χ2v) is 7.89. The lowest BCUT2D eigenvalue weighted by atomic mass is 9.80. The van der Waals surface area contributed by atoms with Crippen LogP contribution >= 0.6 is 0 Å². The van der Waals surface area contributed by atoms with E-state index in [1.54, 1.807) is 7.11 Å². The molecule has 1 rings (SSSR count). The zero-order valence-corrected chi connectivity index (χ0v) is 15.1. The van der Waals surface area contributed by atoms with E-state index in [0.29, 0.717) is 12.3 Å². The number of hydrogen-bond donors (Lipinski definition) is 1. The molecule has 1 N–H and O–H groups in total. The Morgan fingerprint density at radius 2 is 1.77 bits per heavy atom. The molecule has 3 heteroatoms. The van der Waals surface area contributed by atoms with Crippen molar-refractivity contribution in [1.82, 2.24) is 5.32 Å². The fourth-order valence-electron chi connectivity index (χ4n) is 2.38. The first kappa shape index (κ1) is 18.5. The van der Waals surface area contributed by atoms with Crippen LogP contribution in [0.5, 0.6) is 5.75 Å². The van der Waals surface area contributed by atoms with Gasteiger partial charge in [-0.25, -0.2) is 0 Å². The molecule has 124 valence electrons. The van der Waals surface area contributed by atoms with E-state index in [1.165, 1.54) is 0 Å². The van der Waals surface area contributed by atoms with Crippen LogP contribution in [-0.4, -0.2) is 18.6 Å². The van der Waals surface area contributed by atoms with E-state index in [2.05, 4.69) is 46.9 Å².